The molecule has 0 unspecified atom stereocenters. The predicted octanol–water partition coefficient (Wildman–Crippen LogP) is 3.18. The van der Waals surface area contributed by atoms with Crippen molar-refractivity contribution in [2.24, 2.45) is 7.05 Å². The Labute approximate surface area is 205 Å². The Morgan fingerprint density at radius 1 is 1.23 bits per heavy atom. The standard InChI is InChI=1S/C24H22N8O2S/c1-15(27-22(34)19-11-32(14-26-19)24(13-25)7-8-24)21(33)29-23-28-20(12-35-23)17-5-3-4-16(10-17)18-6-9-31(2)30-18/h3-6,9-12,14-15H,7-8H2,1-2H3,(H,27,34)(H,28,29,33)/t15-/m0/s1. The van der Waals surface area contributed by atoms with Gasteiger partial charge in [0.1, 0.15) is 17.3 Å². The first-order chi connectivity index (χ1) is 16.9. The molecule has 1 atom stereocenters. The fraction of sp³-hybridized carbons (Fsp3) is 0.250. The number of anilines is 1. The van der Waals surface area contributed by atoms with Gasteiger partial charge in [-0.25, -0.2) is 9.97 Å². The number of carbonyl (C=O) groups excluding carboxylic acids is 2. The number of amides is 2. The monoisotopic (exact) mass is 486 g/mol. The number of nitrogens with one attached hydrogen (secondary N) is 2. The Morgan fingerprint density at radius 2 is 2.00 bits per heavy atom. The summed E-state index contributed by atoms with van der Waals surface area (Å²) in [6, 6.07) is 11.3. The summed E-state index contributed by atoms with van der Waals surface area (Å²) < 4.78 is 3.41. The molecule has 4 aromatic rings. The Bertz CT molecular complexity index is 1460. The number of nitriles is 1. The number of aryl methyl sites for hydroxylation is 1. The van der Waals surface area contributed by atoms with Crippen molar-refractivity contribution >= 4 is 28.3 Å². The lowest BCUT2D eigenvalue weighted by Gasteiger charge is -2.12. The van der Waals surface area contributed by atoms with Gasteiger partial charge in [-0.2, -0.15) is 10.4 Å². The van der Waals surface area contributed by atoms with Crippen LogP contribution >= 0.6 is 11.3 Å². The van der Waals surface area contributed by atoms with E-state index in [-0.39, 0.29) is 5.69 Å². The summed E-state index contributed by atoms with van der Waals surface area (Å²) in [5.74, 6) is -0.872. The molecule has 2 N–H and O–H groups in total. The minimum absolute atomic E-state index is 0.162. The molecule has 5 rings (SSSR count). The zero-order valence-corrected chi connectivity index (χ0v) is 19.9. The number of hydrogen-bond donors (Lipinski definition) is 2. The highest BCUT2D eigenvalue weighted by Gasteiger charge is 2.45. The SMILES string of the molecule is C[C@H](NC(=O)c1cn(C2(C#N)CC2)cn1)C(=O)Nc1nc(-c2cccc(-c3ccn(C)n3)c2)cs1. The van der Waals surface area contributed by atoms with Gasteiger partial charge in [0, 0.05) is 35.9 Å². The number of rotatable bonds is 7. The van der Waals surface area contributed by atoms with Crippen LogP contribution in [0.5, 0.6) is 0 Å². The lowest BCUT2D eigenvalue weighted by molar-refractivity contribution is -0.117. The molecule has 1 saturated carbocycles. The molecule has 3 aromatic heterocycles. The van der Waals surface area contributed by atoms with Gasteiger partial charge in [-0.3, -0.25) is 14.3 Å². The number of benzene rings is 1. The first kappa shape index (κ1) is 22.5. The van der Waals surface area contributed by atoms with Crippen LogP contribution in [0.2, 0.25) is 0 Å². The van der Waals surface area contributed by atoms with Crippen LogP contribution in [-0.4, -0.2) is 42.2 Å². The average Bonchev–Trinajstić information content (AvgIpc) is 3.22. The van der Waals surface area contributed by atoms with Crippen molar-refractivity contribution in [3.63, 3.8) is 0 Å². The van der Waals surface area contributed by atoms with Gasteiger partial charge in [-0.15, -0.1) is 11.3 Å². The maximum absolute atomic E-state index is 12.6. The van der Waals surface area contributed by atoms with Gasteiger partial charge in [0.15, 0.2) is 5.13 Å². The average molecular weight is 487 g/mol. The van der Waals surface area contributed by atoms with Gasteiger partial charge in [0.25, 0.3) is 5.91 Å². The molecular weight excluding hydrogens is 464 g/mol. The maximum atomic E-state index is 12.6. The third-order valence-electron chi connectivity index (χ3n) is 5.88. The smallest absolute Gasteiger partial charge is 0.272 e. The van der Waals surface area contributed by atoms with Crippen molar-refractivity contribution in [2.75, 3.05) is 5.32 Å². The third-order valence-corrected chi connectivity index (χ3v) is 6.64. The van der Waals surface area contributed by atoms with Crippen molar-refractivity contribution in [3.8, 4) is 28.6 Å². The molecule has 11 heteroatoms. The van der Waals surface area contributed by atoms with Crippen LogP contribution in [0.25, 0.3) is 22.5 Å². The maximum Gasteiger partial charge on any atom is 0.272 e. The molecule has 3 heterocycles. The van der Waals surface area contributed by atoms with E-state index in [0.717, 1.165) is 35.4 Å². The second-order valence-electron chi connectivity index (χ2n) is 8.49. The number of hydrogen-bond acceptors (Lipinski definition) is 7. The normalized spacial score (nSPS) is 14.7. The molecule has 0 radical (unpaired) electrons. The number of thiazole rings is 1. The van der Waals surface area contributed by atoms with Crippen LogP contribution in [0.4, 0.5) is 5.13 Å². The van der Waals surface area contributed by atoms with E-state index >= 15 is 0 Å². The fourth-order valence-corrected chi connectivity index (χ4v) is 4.36. The van der Waals surface area contributed by atoms with Gasteiger partial charge in [0.2, 0.25) is 5.91 Å². The van der Waals surface area contributed by atoms with E-state index in [4.69, 9.17) is 0 Å². The van der Waals surface area contributed by atoms with Crippen molar-refractivity contribution < 1.29 is 9.59 Å². The van der Waals surface area contributed by atoms with Crippen molar-refractivity contribution in [2.45, 2.75) is 31.3 Å². The van der Waals surface area contributed by atoms with Crippen LogP contribution in [0, 0.1) is 11.3 Å². The first-order valence-electron chi connectivity index (χ1n) is 11.0. The van der Waals surface area contributed by atoms with E-state index in [1.54, 1.807) is 22.4 Å². The molecule has 1 fully saturated rings. The quantitative estimate of drug-likeness (QED) is 0.413. The predicted molar refractivity (Wildman–Crippen MR) is 130 cm³/mol. The highest BCUT2D eigenvalue weighted by atomic mass is 32.1. The molecular formula is C24H22N8O2S. The summed E-state index contributed by atoms with van der Waals surface area (Å²) in [5, 5.41) is 21.4. The van der Waals surface area contributed by atoms with Gasteiger partial charge in [-0.05, 0) is 31.9 Å². The Morgan fingerprint density at radius 3 is 2.69 bits per heavy atom. The van der Waals surface area contributed by atoms with Crippen LogP contribution in [0.15, 0.2) is 54.4 Å². The minimum Gasteiger partial charge on any atom is -0.339 e. The van der Waals surface area contributed by atoms with E-state index in [1.165, 1.54) is 17.7 Å². The fourth-order valence-electron chi connectivity index (χ4n) is 3.64. The van der Waals surface area contributed by atoms with E-state index in [1.807, 2.05) is 49.0 Å². The second kappa shape index (κ2) is 8.81. The van der Waals surface area contributed by atoms with E-state index in [2.05, 4.69) is 31.8 Å². The first-order valence-corrected chi connectivity index (χ1v) is 11.9. The molecule has 0 bridgehead atoms. The van der Waals surface area contributed by atoms with Gasteiger partial charge < -0.3 is 15.2 Å². The van der Waals surface area contributed by atoms with Crippen LogP contribution < -0.4 is 10.6 Å². The summed E-state index contributed by atoms with van der Waals surface area (Å²) in [6.45, 7) is 1.59. The van der Waals surface area contributed by atoms with Crippen molar-refractivity contribution in [1.82, 2.24) is 29.6 Å². The molecule has 35 heavy (non-hydrogen) atoms. The Hall–Kier alpha value is -4.30. The molecule has 0 aliphatic heterocycles. The largest absolute Gasteiger partial charge is 0.339 e. The van der Waals surface area contributed by atoms with Crippen molar-refractivity contribution in [1.29, 1.82) is 5.26 Å². The summed E-state index contributed by atoms with van der Waals surface area (Å²) in [6.07, 6.45) is 6.39. The molecule has 176 valence electrons. The number of imidazole rings is 1. The van der Waals surface area contributed by atoms with Gasteiger partial charge in [0.05, 0.1) is 23.8 Å². The summed E-state index contributed by atoms with van der Waals surface area (Å²) in [5.41, 5.74) is 3.06. The zero-order valence-electron chi connectivity index (χ0n) is 19.1. The summed E-state index contributed by atoms with van der Waals surface area (Å²) in [4.78, 5) is 33.8. The number of carbonyl (C=O) groups is 2. The zero-order chi connectivity index (χ0) is 24.6. The molecule has 1 aromatic carbocycles. The number of aromatic nitrogens is 5. The lowest BCUT2D eigenvalue weighted by atomic mass is 10.1. The van der Waals surface area contributed by atoms with E-state index in [0.29, 0.717) is 5.13 Å². The van der Waals surface area contributed by atoms with E-state index < -0.39 is 23.4 Å². The van der Waals surface area contributed by atoms with Crippen LogP contribution in [0.3, 0.4) is 0 Å². The Balaban J connectivity index is 1.21. The van der Waals surface area contributed by atoms with E-state index in [9.17, 15) is 14.9 Å². The molecule has 0 saturated heterocycles. The van der Waals surface area contributed by atoms with Crippen LogP contribution in [-0.2, 0) is 17.4 Å². The Kier molecular flexibility index (Phi) is 5.66. The molecule has 1 aliphatic carbocycles. The summed E-state index contributed by atoms with van der Waals surface area (Å²) in [7, 11) is 1.87. The van der Waals surface area contributed by atoms with Crippen molar-refractivity contribution in [3.05, 3.63) is 60.1 Å². The third kappa shape index (κ3) is 4.56. The minimum atomic E-state index is -0.807. The topological polar surface area (TPSA) is 131 Å². The highest BCUT2D eigenvalue weighted by molar-refractivity contribution is 7.14. The molecule has 1 aliphatic rings. The van der Waals surface area contributed by atoms with Gasteiger partial charge >= 0.3 is 0 Å². The molecule has 10 nitrogen and oxygen atoms in total. The number of nitrogens with zero attached hydrogens (tertiary/aromatic N) is 6. The summed E-state index contributed by atoms with van der Waals surface area (Å²) >= 11 is 1.30. The second-order valence-corrected chi connectivity index (χ2v) is 9.35. The lowest BCUT2D eigenvalue weighted by Crippen LogP contribution is -2.41. The van der Waals surface area contributed by atoms with Crippen LogP contribution in [0.1, 0.15) is 30.3 Å². The molecule has 2 amide bonds. The highest BCUT2D eigenvalue weighted by Crippen LogP contribution is 2.42. The van der Waals surface area contributed by atoms with Gasteiger partial charge in [-0.1, -0.05) is 18.2 Å². The molecule has 0 spiro atoms.